The number of aromatic nitrogens is 2. The van der Waals surface area contributed by atoms with Gasteiger partial charge in [-0.15, -0.1) is 0 Å². The first-order valence-electron chi connectivity index (χ1n) is 5.12. The third-order valence-electron chi connectivity index (χ3n) is 2.31. The number of aryl methyl sites for hydroxylation is 1. The van der Waals surface area contributed by atoms with Gasteiger partial charge in [0, 0.05) is 0 Å². The number of aromatic amines is 1. The Kier molecular flexibility index (Phi) is 3.09. The SMILES string of the molecule is Cc1ccccc1OCc1cnc(C(=O)O)[nH]1. The van der Waals surface area contributed by atoms with Crippen LogP contribution in [0.25, 0.3) is 0 Å². The van der Waals surface area contributed by atoms with E-state index in [0.717, 1.165) is 11.3 Å². The fraction of sp³-hybridized carbons (Fsp3) is 0.167. The zero-order valence-electron chi connectivity index (χ0n) is 9.30. The first kappa shape index (κ1) is 11.2. The Morgan fingerprint density at radius 1 is 1.47 bits per heavy atom. The minimum atomic E-state index is -1.08. The summed E-state index contributed by atoms with van der Waals surface area (Å²) >= 11 is 0. The molecule has 0 spiro atoms. The summed E-state index contributed by atoms with van der Waals surface area (Å²) in [5.41, 5.74) is 1.66. The Morgan fingerprint density at radius 3 is 2.88 bits per heavy atom. The maximum atomic E-state index is 10.6. The van der Waals surface area contributed by atoms with Crippen molar-refractivity contribution in [1.82, 2.24) is 9.97 Å². The summed E-state index contributed by atoms with van der Waals surface area (Å²) in [5.74, 6) is -0.375. The van der Waals surface area contributed by atoms with E-state index in [4.69, 9.17) is 9.84 Å². The summed E-state index contributed by atoms with van der Waals surface area (Å²) in [4.78, 5) is 17.0. The molecule has 5 heteroatoms. The molecule has 0 fully saturated rings. The van der Waals surface area contributed by atoms with Crippen LogP contribution in [0.1, 0.15) is 21.9 Å². The number of carboxylic acid groups (broad SMARTS) is 1. The van der Waals surface area contributed by atoms with Crippen LogP contribution >= 0.6 is 0 Å². The van der Waals surface area contributed by atoms with E-state index in [1.54, 1.807) is 0 Å². The fourth-order valence-corrected chi connectivity index (χ4v) is 1.42. The van der Waals surface area contributed by atoms with E-state index in [-0.39, 0.29) is 12.4 Å². The Labute approximate surface area is 98.1 Å². The number of benzene rings is 1. The second-order valence-corrected chi connectivity index (χ2v) is 3.62. The lowest BCUT2D eigenvalue weighted by Gasteiger charge is -2.06. The van der Waals surface area contributed by atoms with Gasteiger partial charge in [0.15, 0.2) is 0 Å². The van der Waals surface area contributed by atoms with Crippen molar-refractivity contribution in [2.75, 3.05) is 0 Å². The number of hydrogen-bond acceptors (Lipinski definition) is 3. The van der Waals surface area contributed by atoms with E-state index in [0.29, 0.717) is 5.69 Å². The van der Waals surface area contributed by atoms with E-state index in [2.05, 4.69) is 9.97 Å². The van der Waals surface area contributed by atoms with E-state index in [9.17, 15) is 4.79 Å². The topological polar surface area (TPSA) is 75.2 Å². The van der Waals surface area contributed by atoms with E-state index < -0.39 is 5.97 Å². The van der Waals surface area contributed by atoms with Crippen molar-refractivity contribution in [3.05, 3.63) is 47.5 Å². The first-order chi connectivity index (χ1) is 8.16. The molecular weight excluding hydrogens is 220 g/mol. The van der Waals surface area contributed by atoms with Crippen molar-refractivity contribution < 1.29 is 14.6 Å². The summed E-state index contributed by atoms with van der Waals surface area (Å²) in [7, 11) is 0. The number of carbonyl (C=O) groups is 1. The quantitative estimate of drug-likeness (QED) is 0.845. The summed E-state index contributed by atoms with van der Waals surface area (Å²) in [6, 6.07) is 7.63. The van der Waals surface area contributed by atoms with Gasteiger partial charge in [0.05, 0.1) is 11.9 Å². The zero-order chi connectivity index (χ0) is 12.3. The lowest BCUT2D eigenvalue weighted by molar-refractivity contribution is 0.0684. The maximum absolute atomic E-state index is 10.6. The zero-order valence-corrected chi connectivity index (χ0v) is 9.30. The molecule has 2 aromatic rings. The minimum absolute atomic E-state index is 0.0756. The average molecular weight is 232 g/mol. The molecule has 0 aliphatic carbocycles. The van der Waals surface area contributed by atoms with Gasteiger partial charge in [0.25, 0.3) is 0 Å². The second kappa shape index (κ2) is 4.69. The van der Waals surface area contributed by atoms with Crippen LogP contribution in [0.2, 0.25) is 0 Å². The van der Waals surface area contributed by atoms with Crippen LogP contribution in [-0.4, -0.2) is 21.0 Å². The van der Waals surface area contributed by atoms with Gasteiger partial charge in [-0.25, -0.2) is 9.78 Å². The molecule has 0 bridgehead atoms. The number of nitrogens with one attached hydrogen (secondary N) is 1. The Balaban J connectivity index is 2.02. The number of para-hydroxylation sites is 1. The number of nitrogens with zero attached hydrogens (tertiary/aromatic N) is 1. The van der Waals surface area contributed by atoms with Crippen LogP contribution in [-0.2, 0) is 6.61 Å². The van der Waals surface area contributed by atoms with Gasteiger partial charge in [0.1, 0.15) is 12.4 Å². The third kappa shape index (κ3) is 2.63. The molecule has 1 aromatic carbocycles. The Morgan fingerprint density at radius 2 is 2.24 bits per heavy atom. The third-order valence-corrected chi connectivity index (χ3v) is 2.31. The number of ether oxygens (including phenoxy) is 1. The molecule has 17 heavy (non-hydrogen) atoms. The summed E-state index contributed by atoms with van der Waals surface area (Å²) in [6.45, 7) is 2.22. The number of imidazole rings is 1. The van der Waals surface area contributed by atoms with Crippen molar-refractivity contribution >= 4 is 5.97 Å². The highest BCUT2D eigenvalue weighted by Gasteiger charge is 2.08. The van der Waals surface area contributed by atoms with Crippen molar-refractivity contribution in [3.8, 4) is 5.75 Å². The number of hydrogen-bond donors (Lipinski definition) is 2. The number of aromatic carboxylic acids is 1. The molecule has 1 aromatic heterocycles. The molecule has 88 valence electrons. The molecule has 0 atom stereocenters. The van der Waals surface area contributed by atoms with Crippen molar-refractivity contribution in [2.24, 2.45) is 0 Å². The molecular formula is C12H12N2O3. The maximum Gasteiger partial charge on any atom is 0.371 e. The first-order valence-corrected chi connectivity index (χ1v) is 5.12. The Bertz CT molecular complexity index is 534. The lowest BCUT2D eigenvalue weighted by Crippen LogP contribution is -2.00. The summed E-state index contributed by atoms with van der Waals surface area (Å²) in [5, 5.41) is 8.69. The molecule has 0 aliphatic rings. The highest BCUT2D eigenvalue weighted by Crippen LogP contribution is 2.17. The number of rotatable bonds is 4. The molecule has 0 radical (unpaired) electrons. The molecule has 0 amide bonds. The van der Waals surface area contributed by atoms with Crippen LogP contribution < -0.4 is 4.74 Å². The van der Waals surface area contributed by atoms with Gasteiger partial charge in [-0.2, -0.15) is 0 Å². The molecule has 1 heterocycles. The molecule has 0 saturated carbocycles. The molecule has 0 aliphatic heterocycles. The van der Waals surface area contributed by atoms with E-state index >= 15 is 0 Å². The van der Waals surface area contributed by atoms with Gasteiger partial charge in [-0.3, -0.25) is 0 Å². The minimum Gasteiger partial charge on any atom is -0.487 e. The predicted molar refractivity (Wildman–Crippen MR) is 61.1 cm³/mol. The predicted octanol–water partition coefficient (Wildman–Crippen LogP) is 2.00. The molecule has 0 unspecified atom stereocenters. The fourth-order valence-electron chi connectivity index (χ4n) is 1.42. The van der Waals surface area contributed by atoms with Gasteiger partial charge in [-0.05, 0) is 18.6 Å². The normalized spacial score (nSPS) is 10.2. The average Bonchev–Trinajstić information content (AvgIpc) is 2.77. The van der Waals surface area contributed by atoms with Crippen LogP contribution in [0.3, 0.4) is 0 Å². The molecule has 2 rings (SSSR count). The number of carboxylic acids is 1. The van der Waals surface area contributed by atoms with Crippen molar-refractivity contribution in [2.45, 2.75) is 13.5 Å². The van der Waals surface area contributed by atoms with Crippen LogP contribution in [0.4, 0.5) is 0 Å². The summed E-state index contributed by atoms with van der Waals surface area (Å²) < 4.78 is 5.55. The van der Waals surface area contributed by atoms with Gasteiger partial charge < -0.3 is 14.8 Å². The van der Waals surface area contributed by atoms with E-state index in [1.165, 1.54) is 6.20 Å². The van der Waals surface area contributed by atoms with Crippen LogP contribution in [0.5, 0.6) is 5.75 Å². The van der Waals surface area contributed by atoms with E-state index in [1.807, 2.05) is 31.2 Å². The van der Waals surface area contributed by atoms with Crippen LogP contribution in [0.15, 0.2) is 30.5 Å². The van der Waals surface area contributed by atoms with Crippen molar-refractivity contribution in [3.63, 3.8) is 0 Å². The van der Waals surface area contributed by atoms with Gasteiger partial charge >= 0.3 is 5.97 Å². The highest BCUT2D eigenvalue weighted by molar-refractivity contribution is 5.83. The van der Waals surface area contributed by atoms with Crippen molar-refractivity contribution in [1.29, 1.82) is 0 Å². The second-order valence-electron chi connectivity index (χ2n) is 3.62. The Hall–Kier alpha value is -2.30. The van der Waals surface area contributed by atoms with Gasteiger partial charge in [0.2, 0.25) is 5.82 Å². The highest BCUT2D eigenvalue weighted by atomic mass is 16.5. The number of H-pyrrole nitrogens is 1. The van der Waals surface area contributed by atoms with Crippen LogP contribution in [0, 0.1) is 6.92 Å². The van der Waals surface area contributed by atoms with Gasteiger partial charge in [-0.1, -0.05) is 18.2 Å². The monoisotopic (exact) mass is 232 g/mol. The molecule has 5 nitrogen and oxygen atoms in total. The standard InChI is InChI=1S/C12H12N2O3/c1-8-4-2-3-5-10(8)17-7-9-6-13-11(14-9)12(15)16/h2-6H,7H2,1H3,(H,13,14)(H,15,16). The largest absolute Gasteiger partial charge is 0.487 e. The molecule has 2 N–H and O–H groups in total. The smallest absolute Gasteiger partial charge is 0.371 e. The molecule has 0 saturated heterocycles. The summed E-state index contributed by atoms with van der Waals surface area (Å²) in [6.07, 6.45) is 1.46. The lowest BCUT2D eigenvalue weighted by atomic mass is 10.2.